The van der Waals surface area contributed by atoms with Crippen LogP contribution in [0.1, 0.15) is 54.5 Å². The summed E-state index contributed by atoms with van der Waals surface area (Å²) in [6.45, 7) is 3.80. The second-order valence-electron chi connectivity index (χ2n) is 9.99. The number of methoxy groups -OCH3 is 1. The van der Waals surface area contributed by atoms with Crippen molar-refractivity contribution in [1.82, 2.24) is 5.32 Å². The van der Waals surface area contributed by atoms with Crippen molar-refractivity contribution in [1.29, 1.82) is 0 Å². The summed E-state index contributed by atoms with van der Waals surface area (Å²) in [5, 5.41) is 3.13. The number of aryl methyl sites for hydroxylation is 3. The molecule has 1 N–H and O–H groups in total. The van der Waals surface area contributed by atoms with Crippen molar-refractivity contribution in [3.8, 4) is 11.5 Å². The maximum atomic E-state index is 13.8. The van der Waals surface area contributed by atoms with Crippen LogP contribution >= 0.6 is 0 Å². The molecule has 1 aliphatic carbocycles. The summed E-state index contributed by atoms with van der Waals surface area (Å²) >= 11 is 0. The Kier molecular flexibility index (Phi) is 7.34. The maximum absolute atomic E-state index is 13.8. The lowest BCUT2D eigenvalue weighted by atomic mass is 9.88. The molecule has 0 saturated carbocycles. The molecule has 1 heterocycles. The summed E-state index contributed by atoms with van der Waals surface area (Å²) in [6.07, 6.45) is 4.29. The molecule has 0 unspecified atom stereocenters. The van der Waals surface area contributed by atoms with Gasteiger partial charge in [0.15, 0.2) is 6.10 Å². The van der Waals surface area contributed by atoms with Gasteiger partial charge in [0.05, 0.1) is 30.3 Å². The van der Waals surface area contributed by atoms with Gasteiger partial charge >= 0.3 is 0 Å². The molecule has 0 saturated heterocycles. The highest BCUT2D eigenvalue weighted by atomic mass is 32.2. The van der Waals surface area contributed by atoms with Crippen molar-refractivity contribution in [3.05, 3.63) is 82.9 Å². The van der Waals surface area contributed by atoms with E-state index in [1.54, 1.807) is 24.3 Å². The van der Waals surface area contributed by atoms with Crippen molar-refractivity contribution in [2.45, 2.75) is 63.0 Å². The third kappa shape index (κ3) is 5.10. The molecule has 0 aromatic heterocycles. The monoisotopic (exact) mass is 534 g/mol. The van der Waals surface area contributed by atoms with E-state index in [-0.39, 0.29) is 23.4 Å². The summed E-state index contributed by atoms with van der Waals surface area (Å²) in [6, 6.07) is 17.9. The van der Waals surface area contributed by atoms with E-state index in [4.69, 9.17) is 9.47 Å². The van der Waals surface area contributed by atoms with Gasteiger partial charge in [0.1, 0.15) is 11.5 Å². The van der Waals surface area contributed by atoms with Crippen LogP contribution in [-0.2, 0) is 27.7 Å². The molecule has 1 amide bonds. The Balaban J connectivity index is 1.42. The van der Waals surface area contributed by atoms with Gasteiger partial charge in [0.2, 0.25) is 0 Å². The number of benzene rings is 3. The SMILES string of the molecule is CC[C@H](NC(=O)[C@H]1CN(S(=O)(=O)c2ccc(OC)cc2)c2cc(C)ccc2O1)c1ccc2c(c1)CCCC2. The maximum Gasteiger partial charge on any atom is 0.264 e. The molecular weight excluding hydrogens is 500 g/mol. The van der Waals surface area contributed by atoms with Gasteiger partial charge in [-0.3, -0.25) is 9.10 Å². The zero-order valence-corrected chi connectivity index (χ0v) is 22.9. The number of rotatable bonds is 7. The average Bonchev–Trinajstić information content (AvgIpc) is 2.94. The Morgan fingerprint density at radius 1 is 1.05 bits per heavy atom. The van der Waals surface area contributed by atoms with Crippen molar-refractivity contribution < 1.29 is 22.7 Å². The van der Waals surface area contributed by atoms with Crippen molar-refractivity contribution in [2.75, 3.05) is 18.0 Å². The number of sulfonamides is 1. The lowest BCUT2D eigenvalue weighted by molar-refractivity contribution is -0.128. The highest BCUT2D eigenvalue weighted by Gasteiger charge is 2.38. The summed E-state index contributed by atoms with van der Waals surface area (Å²) in [5.74, 6) is 0.587. The number of ether oxygens (including phenoxy) is 2. The first kappa shape index (κ1) is 26.1. The van der Waals surface area contributed by atoms with Crippen LogP contribution in [0.2, 0.25) is 0 Å². The van der Waals surface area contributed by atoms with Gasteiger partial charge in [0.25, 0.3) is 15.9 Å². The van der Waals surface area contributed by atoms with Gasteiger partial charge < -0.3 is 14.8 Å². The van der Waals surface area contributed by atoms with Crippen molar-refractivity contribution in [3.63, 3.8) is 0 Å². The topological polar surface area (TPSA) is 84.9 Å². The van der Waals surface area contributed by atoms with Crippen LogP contribution in [0.25, 0.3) is 0 Å². The Morgan fingerprint density at radius 2 is 1.79 bits per heavy atom. The molecule has 8 heteroatoms. The standard InChI is InChI=1S/C30H34N2O5S/c1-4-26(23-11-10-21-7-5-6-8-22(21)18-23)31-30(33)29-19-32(27-17-20(2)9-16-28(27)37-29)38(34,35)25-14-12-24(36-3)13-15-25/h9-18,26,29H,4-8,19H2,1-3H3,(H,31,33)/t26-,29+/m0/s1. The quantitative estimate of drug-likeness (QED) is 0.456. The van der Waals surface area contributed by atoms with Gasteiger partial charge in [-0.1, -0.05) is 31.2 Å². The molecule has 7 nitrogen and oxygen atoms in total. The van der Waals surface area contributed by atoms with Crippen LogP contribution in [0.4, 0.5) is 5.69 Å². The second-order valence-corrected chi connectivity index (χ2v) is 11.9. The van der Waals surface area contributed by atoms with E-state index in [2.05, 4.69) is 23.5 Å². The molecule has 3 aromatic carbocycles. The predicted molar refractivity (Wildman–Crippen MR) is 147 cm³/mol. The zero-order valence-electron chi connectivity index (χ0n) is 22.1. The minimum absolute atomic E-state index is 0.118. The van der Waals surface area contributed by atoms with E-state index >= 15 is 0 Å². The second kappa shape index (κ2) is 10.7. The van der Waals surface area contributed by atoms with Crippen molar-refractivity contribution in [2.24, 2.45) is 0 Å². The van der Waals surface area contributed by atoms with Crippen LogP contribution in [0.3, 0.4) is 0 Å². The molecule has 0 spiro atoms. The minimum Gasteiger partial charge on any atom is -0.497 e. The molecule has 2 atom stereocenters. The summed E-state index contributed by atoms with van der Waals surface area (Å²) in [5.41, 5.74) is 5.13. The fourth-order valence-corrected chi connectivity index (χ4v) is 6.72. The lowest BCUT2D eigenvalue weighted by Gasteiger charge is -2.35. The van der Waals surface area contributed by atoms with E-state index in [0.29, 0.717) is 23.6 Å². The first-order chi connectivity index (χ1) is 18.3. The molecule has 38 heavy (non-hydrogen) atoms. The highest BCUT2D eigenvalue weighted by molar-refractivity contribution is 7.92. The number of fused-ring (bicyclic) bond motifs is 2. The number of hydrogen-bond acceptors (Lipinski definition) is 5. The van der Waals surface area contributed by atoms with E-state index in [0.717, 1.165) is 24.0 Å². The summed E-state index contributed by atoms with van der Waals surface area (Å²) in [7, 11) is -2.43. The molecule has 200 valence electrons. The van der Waals surface area contributed by atoms with Crippen LogP contribution in [-0.4, -0.2) is 34.1 Å². The van der Waals surface area contributed by atoms with E-state index in [1.807, 2.05) is 19.9 Å². The Labute approximate surface area is 224 Å². The Morgan fingerprint density at radius 3 is 2.50 bits per heavy atom. The number of hydrogen-bond donors (Lipinski definition) is 1. The average molecular weight is 535 g/mol. The molecule has 1 aliphatic heterocycles. The molecule has 2 aliphatic rings. The first-order valence-electron chi connectivity index (χ1n) is 13.2. The van der Waals surface area contributed by atoms with Gasteiger partial charge in [-0.25, -0.2) is 8.42 Å². The van der Waals surface area contributed by atoms with Gasteiger partial charge in [-0.05, 0) is 97.7 Å². The van der Waals surface area contributed by atoms with E-state index in [9.17, 15) is 13.2 Å². The van der Waals surface area contributed by atoms with E-state index in [1.165, 1.54) is 47.5 Å². The number of carbonyl (C=O) groups is 1. The molecule has 0 radical (unpaired) electrons. The van der Waals surface area contributed by atoms with Crippen molar-refractivity contribution >= 4 is 21.6 Å². The van der Waals surface area contributed by atoms with Gasteiger partial charge in [-0.15, -0.1) is 0 Å². The predicted octanol–water partition coefficient (Wildman–Crippen LogP) is 5.11. The largest absolute Gasteiger partial charge is 0.497 e. The Hall–Kier alpha value is -3.52. The fourth-order valence-electron chi connectivity index (χ4n) is 5.26. The first-order valence-corrected chi connectivity index (χ1v) is 14.6. The Bertz CT molecular complexity index is 1440. The van der Waals surface area contributed by atoms with Crippen LogP contribution in [0.15, 0.2) is 65.6 Å². The number of nitrogens with one attached hydrogen (secondary N) is 1. The minimum atomic E-state index is -3.96. The third-order valence-electron chi connectivity index (χ3n) is 7.42. The number of anilines is 1. The zero-order chi connectivity index (χ0) is 26.9. The fraction of sp³-hybridized carbons (Fsp3) is 0.367. The van der Waals surface area contributed by atoms with Gasteiger partial charge in [0, 0.05) is 0 Å². The summed E-state index contributed by atoms with van der Waals surface area (Å²) < 4.78 is 40.1. The van der Waals surface area contributed by atoms with Gasteiger partial charge in [-0.2, -0.15) is 0 Å². The summed E-state index contributed by atoms with van der Waals surface area (Å²) in [4.78, 5) is 13.6. The molecule has 5 rings (SSSR count). The third-order valence-corrected chi connectivity index (χ3v) is 9.22. The highest BCUT2D eigenvalue weighted by Crippen LogP contribution is 2.38. The lowest BCUT2D eigenvalue weighted by Crippen LogP contribution is -2.51. The van der Waals surface area contributed by atoms with Crippen LogP contribution in [0.5, 0.6) is 11.5 Å². The number of carbonyl (C=O) groups excluding carboxylic acids is 1. The normalized spacial score (nSPS) is 17.6. The smallest absolute Gasteiger partial charge is 0.264 e. The molecule has 0 bridgehead atoms. The van der Waals surface area contributed by atoms with E-state index < -0.39 is 16.1 Å². The molecule has 0 fully saturated rings. The molecule has 3 aromatic rings. The van der Waals surface area contributed by atoms with Crippen LogP contribution < -0.4 is 19.1 Å². The number of nitrogens with zero attached hydrogens (tertiary/aromatic N) is 1. The van der Waals surface area contributed by atoms with Crippen LogP contribution in [0, 0.1) is 6.92 Å². The molecular formula is C30H34N2O5S. The number of amides is 1.